The van der Waals surface area contributed by atoms with Crippen LogP contribution in [0.15, 0.2) is 17.5 Å². The molecule has 19 heavy (non-hydrogen) atoms. The fourth-order valence-corrected chi connectivity index (χ4v) is 3.47. The molecule has 1 saturated heterocycles. The number of nitrogens with zero attached hydrogens (tertiary/aromatic N) is 1. The minimum absolute atomic E-state index is 0.00331. The lowest BCUT2D eigenvalue weighted by molar-refractivity contribution is -0.139. The molecule has 2 aliphatic rings. The van der Waals surface area contributed by atoms with E-state index in [0.29, 0.717) is 25.4 Å². The van der Waals surface area contributed by atoms with E-state index in [4.69, 9.17) is 0 Å². The summed E-state index contributed by atoms with van der Waals surface area (Å²) < 4.78 is 0. The summed E-state index contributed by atoms with van der Waals surface area (Å²) in [5, 5.41) is 4.96. The molecule has 2 heterocycles. The molecule has 1 saturated carbocycles. The molecule has 0 spiro atoms. The van der Waals surface area contributed by atoms with E-state index in [1.54, 1.807) is 11.3 Å². The quantitative estimate of drug-likeness (QED) is 0.916. The zero-order valence-corrected chi connectivity index (χ0v) is 11.8. The molecular formula is C14H18N2O2S. The highest BCUT2D eigenvalue weighted by Crippen LogP contribution is 2.41. The average molecular weight is 278 g/mol. The molecule has 1 aromatic rings. The zero-order valence-electron chi connectivity index (χ0n) is 11.0. The first-order valence-corrected chi connectivity index (χ1v) is 7.60. The van der Waals surface area contributed by atoms with Crippen LogP contribution < -0.4 is 5.32 Å². The van der Waals surface area contributed by atoms with Gasteiger partial charge in [-0.3, -0.25) is 9.59 Å². The van der Waals surface area contributed by atoms with E-state index in [-0.39, 0.29) is 11.8 Å². The topological polar surface area (TPSA) is 49.4 Å². The van der Waals surface area contributed by atoms with Crippen LogP contribution >= 0.6 is 11.3 Å². The van der Waals surface area contributed by atoms with E-state index in [0.717, 1.165) is 12.8 Å². The Morgan fingerprint density at radius 1 is 1.47 bits per heavy atom. The molecule has 1 aliphatic heterocycles. The molecule has 3 rings (SSSR count). The molecule has 4 nitrogen and oxygen atoms in total. The van der Waals surface area contributed by atoms with Crippen molar-refractivity contribution < 1.29 is 9.59 Å². The predicted molar refractivity (Wildman–Crippen MR) is 73.6 cm³/mol. The van der Waals surface area contributed by atoms with Gasteiger partial charge in [-0.2, -0.15) is 0 Å². The summed E-state index contributed by atoms with van der Waals surface area (Å²) in [6.07, 6.45) is 2.48. The maximum atomic E-state index is 12.7. The molecule has 2 fully saturated rings. The SMILES string of the molecule is CC1(C2CC2)NC(=O)CCN(Cc2cccs2)C1=O. The summed E-state index contributed by atoms with van der Waals surface area (Å²) in [7, 11) is 0. The number of hydrogen-bond acceptors (Lipinski definition) is 3. The third kappa shape index (κ3) is 2.39. The third-order valence-corrected chi connectivity index (χ3v) is 4.92. The number of carbonyl (C=O) groups is 2. The van der Waals surface area contributed by atoms with Gasteiger partial charge in [0.2, 0.25) is 11.8 Å². The molecule has 1 aromatic heterocycles. The second kappa shape index (κ2) is 4.63. The monoisotopic (exact) mass is 278 g/mol. The fourth-order valence-electron chi connectivity index (χ4n) is 2.75. The average Bonchev–Trinajstić information content (AvgIpc) is 3.13. The summed E-state index contributed by atoms with van der Waals surface area (Å²) in [6.45, 7) is 3.02. The van der Waals surface area contributed by atoms with E-state index in [2.05, 4.69) is 5.32 Å². The van der Waals surface area contributed by atoms with Crippen molar-refractivity contribution in [3.05, 3.63) is 22.4 Å². The van der Waals surface area contributed by atoms with Crippen LogP contribution in [-0.2, 0) is 16.1 Å². The Hall–Kier alpha value is -1.36. The van der Waals surface area contributed by atoms with Crippen molar-refractivity contribution in [1.82, 2.24) is 10.2 Å². The van der Waals surface area contributed by atoms with Gasteiger partial charge in [-0.25, -0.2) is 0 Å². The molecule has 1 aliphatic carbocycles. The number of hydrogen-bond donors (Lipinski definition) is 1. The maximum Gasteiger partial charge on any atom is 0.248 e. The van der Waals surface area contributed by atoms with Crippen molar-refractivity contribution >= 4 is 23.2 Å². The van der Waals surface area contributed by atoms with Crippen molar-refractivity contribution in [1.29, 1.82) is 0 Å². The lowest BCUT2D eigenvalue weighted by atomic mass is 9.94. The van der Waals surface area contributed by atoms with Gasteiger partial charge >= 0.3 is 0 Å². The van der Waals surface area contributed by atoms with Crippen LogP contribution in [-0.4, -0.2) is 28.8 Å². The first-order valence-electron chi connectivity index (χ1n) is 6.72. The summed E-state index contributed by atoms with van der Waals surface area (Å²) >= 11 is 1.65. The predicted octanol–water partition coefficient (Wildman–Crippen LogP) is 1.77. The van der Waals surface area contributed by atoms with Crippen LogP contribution in [0.1, 0.15) is 31.1 Å². The lowest BCUT2D eigenvalue weighted by Crippen LogP contribution is -2.56. The van der Waals surface area contributed by atoms with Gasteiger partial charge in [0.05, 0.1) is 6.54 Å². The Bertz CT molecular complexity index is 496. The van der Waals surface area contributed by atoms with Crippen LogP contribution in [0, 0.1) is 5.92 Å². The van der Waals surface area contributed by atoms with Gasteiger partial charge in [0.25, 0.3) is 0 Å². The smallest absolute Gasteiger partial charge is 0.248 e. The Balaban J connectivity index is 1.83. The first kappa shape index (κ1) is 12.7. The highest BCUT2D eigenvalue weighted by molar-refractivity contribution is 7.09. The van der Waals surface area contributed by atoms with Crippen LogP contribution in [0.2, 0.25) is 0 Å². The highest BCUT2D eigenvalue weighted by atomic mass is 32.1. The Morgan fingerprint density at radius 3 is 2.89 bits per heavy atom. The third-order valence-electron chi connectivity index (χ3n) is 4.06. The number of nitrogens with one attached hydrogen (secondary N) is 1. The molecule has 0 radical (unpaired) electrons. The number of amides is 2. The van der Waals surface area contributed by atoms with E-state index in [1.807, 2.05) is 29.3 Å². The van der Waals surface area contributed by atoms with Gasteiger partial charge < -0.3 is 10.2 Å². The van der Waals surface area contributed by atoms with Gasteiger partial charge in [-0.1, -0.05) is 6.07 Å². The summed E-state index contributed by atoms with van der Waals surface area (Å²) in [5.74, 6) is 0.388. The molecule has 1 atom stereocenters. The summed E-state index contributed by atoms with van der Waals surface area (Å²) in [4.78, 5) is 27.6. The van der Waals surface area contributed by atoms with E-state index in [9.17, 15) is 9.59 Å². The van der Waals surface area contributed by atoms with E-state index < -0.39 is 5.54 Å². The zero-order chi connectivity index (χ0) is 13.5. The van der Waals surface area contributed by atoms with Crippen LogP contribution in [0.4, 0.5) is 0 Å². The van der Waals surface area contributed by atoms with Gasteiger partial charge in [-0.15, -0.1) is 11.3 Å². The molecule has 102 valence electrons. The molecule has 1 N–H and O–H groups in total. The Kier molecular flexibility index (Phi) is 3.09. The number of carbonyl (C=O) groups excluding carboxylic acids is 2. The fraction of sp³-hybridized carbons (Fsp3) is 0.571. The Labute approximate surface area is 116 Å². The van der Waals surface area contributed by atoms with E-state index >= 15 is 0 Å². The van der Waals surface area contributed by atoms with Crippen LogP contribution in [0.3, 0.4) is 0 Å². The standard InChI is InChI=1S/C14H18N2O2S/c1-14(10-4-5-10)13(18)16(7-6-12(17)15-14)9-11-3-2-8-19-11/h2-3,8,10H,4-7,9H2,1H3,(H,15,17). The van der Waals surface area contributed by atoms with Crippen molar-refractivity contribution in [3.63, 3.8) is 0 Å². The molecule has 5 heteroatoms. The Morgan fingerprint density at radius 2 is 2.26 bits per heavy atom. The van der Waals surface area contributed by atoms with Gasteiger partial charge in [0.1, 0.15) is 5.54 Å². The number of rotatable bonds is 3. The maximum absolute atomic E-state index is 12.7. The minimum atomic E-state index is -0.690. The van der Waals surface area contributed by atoms with Crippen molar-refractivity contribution in [3.8, 4) is 0 Å². The van der Waals surface area contributed by atoms with Gasteiger partial charge in [0, 0.05) is 17.8 Å². The largest absolute Gasteiger partial charge is 0.342 e. The molecule has 2 amide bonds. The van der Waals surface area contributed by atoms with Gasteiger partial charge in [-0.05, 0) is 37.1 Å². The van der Waals surface area contributed by atoms with Crippen LogP contribution in [0.25, 0.3) is 0 Å². The van der Waals surface area contributed by atoms with E-state index in [1.165, 1.54) is 4.88 Å². The molecule has 1 unspecified atom stereocenters. The molecule has 0 aromatic carbocycles. The second-order valence-corrected chi connectivity index (χ2v) is 6.61. The van der Waals surface area contributed by atoms with Crippen LogP contribution in [0.5, 0.6) is 0 Å². The normalized spacial score (nSPS) is 28.2. The van der Waals surface area contributed by atoms with Crippen molar-refractivity contribution in [2.24, 2.45) is 5.92 Å². The van der Waals surface area contributed by atoms with Gasteiger partial charge in [0.15, 0.2) is 0 Å². The summed E-state index contributed by atoms with van der Waals surface area (Å²) in [6, 6.07) is 4.03. The molecule has 0 bridgehead atoms. The van der Waals surface area contributed by atoms with Crippen molar-refractivity contribution in [2.45, 2.75) is 38.3 Å². The summed E-state index contributed by atoms with van der Waals surface area (Å²) in [5.41, 5.74) is -0.690. The second-order valence-electron chi connectivity index (χ2n) is 5.58. The number of thiophene rings is 1. The highest BCUT2D eigenvalue weighted by Gasteiger charge is 2.51. The lowest BCUT2D eigenvalue weighted by Gasteiger charge is -2.32. The first-order chi connectivity index (χ1) is 9.09. The minimum Gasteiger partial charge on any atom is -0.342 e. The van der Waals surface area contributed by atoms with Crippen molar-refractivity contribution in [2.75, 3.05) is 6.54 Å². The molecular weight excluding hydrogens is 260 g/mol.